The summed E-state index contributed by atoms with van der Waals surface area (Å²) in [5.74, 6) is -0.0225. The van der Waals surface area contributed by atoms with E-state index in [1.807, 2.05) is 28.0 Å². The third-order valence-corrected chi connectivity index (χ3v) is 6.71. The van der Waals surface area contributed by atoms with Gasteiger partial charge in [0.15, 0.2) is 5.60 Å². The summed E-state index contributed by atoms with van der Waals surface area (Å²) in [7, 11) is 0. The van der Waals surface area contributed by atoms with Gasteiger partial charge in [-0.3, -0.25) is 4.79 Å². The highest BCUT2D eigenvalue weighted by Crippen LogP contribution is 2.35. The van der Waals surface area contributed by atoms with E-state index >= 15 is 0 Å². The number of piperidine rings is 1. The van der Waals surface area contributed by atoms with Gasteiger partial charge in [-0.1, -0.05) is 48.8 Å². The molecule has 1 spiro atoms. The van der Waals surface area contributed by atoms with Crippen molar-refractivity contribution < 1.29 is 14.4 Å². The maximum atomic E-state index is 13.0. The maximum absolute atomic E-state index is 13.0. The van der Waals surface area contributed by atoms with Crippen LogP contribution in [0.5, 0.6) is 0 Å². The van der Waals surface area contributed by atoms with Crippen LogP contribution in [-0.2, 0) is 16.2 Å². The van der Waals surface area contributed by atoms with Crippen molar-refractivity contribution in [3.63, 3.8) is 0 Å². The van der Waals surface area contributed by atoms with Crippen LogP contribution >= 0.6 is 0 Å². The van der Waals surface area contributed by atoms with Gasteiger partial charge in [0.1, 0.15) is 5.71 Å². The zero-order chi connectivity index (χ0) is 22.4. The quantitative estimate of drug-likeness (QED) is 0.637. The number of benzene rings is 1. The van der Waals surface area contributed by atoms with Gasteiger partial charge in [-0.25, -0.2) is 4.79 Å². The van der Waals surface area contributed by atoms with E-state index < -0.39 is 5.60 Å². The molecule has 2 saturated heterocycles. The molecule has 3 aliphatic rings. The third kappa shape index (κ3) is 5.06. The number of unbranched alkanes of at least 4 members (excludes halogenated alkanes) is 1. The Hall–Kier alpha value is -2.61. The average molecular weight is 442 g/mol. The topological polar surface area (TPSA) is 86.3 Å². The number of likely N-dealkylation sites (tertiary alicyclic amines) is 2. The third-order valence-electron chi connectivity index (χ3n) is 6.71. The van der Waals surface area contributed by atoms with Crippen molar-refractivity contribution in [2.75, 3.05) is 32.7 Å². The first-order valence-electron chi connectivity index (χ1n) is 12.0. The molecule has 1 aromatic rings. The van der Waals surface area contributed by atoms with Crippen LogP contribution in [0.2, 0.25) is 0 Å². The van der Waals surface area contributed by atoms with Crippen molar-refractivity contribution >= 4 is 17.6 Å². The summed E-state index contributed by atoms with van der Waals surface area (Å²) in [5, 5.41) is 10.9. The van der Waals surface area contributed by atoms with E-state index in [2.05, 4.69) is 34.8 Å². The van der Waals surface area contributed by atoms with Crippen LogP contribution in [0, 0.1) is 0 Å². The molecule has 0 radical (unpaired) electrons. The standard InChI is InChI=1S/C24H35N5O3/c1-2-3-12-25-23(31)29-15-11-21(26-17-19-9-5-4-6-10-19)24(18-29)16-20(27-32-24)22(30)28-13-7-8-14-28/h4-6,9-10,21,26H,2-3,7-8,11-18H2,1H3,(H,25,31)/t21-,24-/m1/s1. The van der Waals surface area contributed by atoms with Crippen LogP contribution in [-0.4, -0.2) is 71.8 Å². The average Bonchev–Trinajstić information content (AvgIpc) is 3.50. The Morgan fingerprint density at radius 3 is 2.69 bits per heavy atom. The lowest BCUT2D eigenvalue weighted by Gasteiger charge is -2.44. The van der Waals surface area contributed by atoms with Gasteiger partial charge in [-0.05, 0) is 31.2 Å². The van der Waals surface area contributed by atoms with Gasteiger partial charge < -0.3 is 25.3 Å². The van der Waals surface area contributed by atoms with E-state index in [4.69, 9.17) is 4.84 Å². The Labute approximate surface area is 190 Å². The van der Waals surface area contributed by atoms with E-state index in [9.17, 15) is 9.59 Å². The molecular formula is C24H35N5O3. The summed E-state index contributed by atoms with van der Waals surface area (Å²) in [6, 6.07) is 10.2. The second-order valence-corrected chi connectivity index (χ2v) is 9.08. The van der Waals surface area contributed by atoms with Gasteiger partial charge in [0, 0.05) is 39.1 Å². The fourth-order valence-electron chi connectivity index (χ4n) is 4.83. The number of amides is 3. The van der Waals surface area contributed by atoms with Crippen molar-refractivity contribution in [3.8, 4) is 0 Å². The van der Waals surface area contributed by atoms with Crippen LogP contribution < -0.4 is 10.6 Å². The van der Waals surface area contributed by atoms with Crippen LogP contribution in [0.25, 0.3) is 0 Å². The summed E-state index contributed by atoms with van der Waals surface area (Å²) in [4.78, 5) is 35.4. The highest BCUT2D eigenvalue weighted by molar-refractivity contribution is 6.39. The molecule has 0 saturated carbocycles. The molecule has 0 bridgehead atoms. The smallest absolute Gasteiger partial charge is 0.317 e. The fraction of sp³-hybridized carbons (Fsp3) is 0.625. The lowest BCUT2D eigenvalue weighted by molar-refractivity contribution is -0.123. The molecule has 174 valence electrons. The number of nitrogens with one attached hydrogen (secondary N) is 2. The van der Waals surface area contributed by atoms with Gasteiger partial charge in [-0.15, -0.1) is 0 Å². The molecule has 1 aromatic carbocycles. The van der Waals surface area contributed by atoms with Crippen LogP contribution in [0.15, 0.2) is 35.5 Å². The molecule has 3 aliphatic heterocycles. The summed E-state index contributed by atoms with van der Waals surface area (Å²) in [6.07, 6.45) is 5.24. The lowest BCUT2D eigenvalue weighted by atomic mass is 9.83. The molecule has 4 rings (SSSR count). The number of hydrogen-bond donors (Lipinski definition) is 2. The van der Waals surface area contributed by atoms with E-state index in [0.717, 1.165) is 45.2 Å². The Morgan fingerprint density at radius 2 is 1.94 bits per heavy atom. The van der Waals surface area contributed by atoms with Crippen LogP contribution in [0.1, 0.15) is 51.0 Å². The Morgan fingerprint density at radius 1 is 1.16 bits per heavy atom. The van der Waals surface area contributed by atoms with Gasteiger partial charge in [0.2, 0.25) is 0 Å². The largest absolute Gasteiger partial charge is 0.385 e. The van der Waals surface area contributed by atoms with E-state index in [-0.39, 0.29) is 18.0 Å². The summed E-state index contributed by atoms with van der Waals surface area (Å²) < 4.78 is 0. The van der Waals surface area contributed by atoms with Crippen LogP contribution in [0.3, 0.4) is 0 Å². The molecule has 8 nitrogen and oxygen atoms in total. The van der Waals surface area contributed by atoms with Crippen molar-refractivity contribution in [1.29, 1.82) is 0 Å². The molecule has 0 aliphatic carbocycles. The normalized spacial score (nSPS) is 25.0. The Balaban J connectivity index is 1.45. The summed E-state index contributed by atoms with van der Waals surface area (Å²) in [6.45, 7) is 6.11. The minimum atomic E-state index is -0.722. The first-order chi connectivity index (χ1) is 15.6. The highest BCUT2D eigenvalue weighted by Gasteiger charge is 2.52. The molecule has 3 amide bonds. The number of urea groups is 1. The molecule has 2 N–H and O–H groups in total. The van der Waals surface area contributed by atoms with E-state index in [1.54, 1.807) is 0 Å². The predicted molar refractivity (Wildman–Crippen MR) is 123 cm³/mol. The SMILES string of the molecule is CCCCNC(=O)N1CC[C@@H](NCc2ccccc2)[C@@]2(CC(C(=O)N3CCCC3)=NO2)C1. The second kappa shape index (κ2) is 10.3. The molecule has 8 heteroatoms. The summed E-state index contributed by atoms with van der Waals surface area (Å²) in [5.41, 5.74) is 0.946. The number of nitrogens with zero attached hydrogens (tertiary/aromatic N) is 3. The van der Waals surface area contributed by atoms with Gasteiger partial charge in [0.25, 0.3) is 5.91 Å². The monoisotopic (exact) mass is 441 g/mol. The molecule has 0 aromatic heterocycles. The molecule has 2 fully saturated rings. The van der Waals surface area contributed by atoms with E-state index in [1.165, 1.54) is 5.56 Å². The van der Waals surface area contributed by atoms with Gasteiger partial charge >= 0.3 is 6.03 Å². The first-order valence-corrected chi connectivity index (χ1v) is 12.0. The zero-order valence-corrected chi connectivity index (χ0v) is 19.0. The minimum absolute atomic E-state index is 0.00461. The second-order valence-electron chi connectivity index (χ2n) is 9.08. The fourth-order valence-corrected chi connectivity index (χ4v) is 4.83. The highest BCUT2D eigenvalue weighted by atomic mass is 16.7. The van der Waals surface area contributed by atoms with Gasteiger partial charge in [-0.2, -0.15) is 0 Å². The Bertz CT molecular complexity index is 824. The predicted octanol–water partition coefficient (Wildman–Crippen LogP) is 2.50. The van der Waals surface area contributed by atoms with Crippen molar-refractivity contribution in [2.24, 2.45) is 5.16 Å². The number of carbonyl (C=O) groups is 2. The Kier molecular flexibility index (Phi) is 7.29. The number of hydrogen-bond acceptors (Lipinski definition) is 5. The van der Waals surface area contributed by atoms with Crippen molar-refractivity contribution in [3.05, 3.63) is 35.9 Å². The van der Waals surface area contributed by atoms with Crippen molar-refractivity contribution in [1.82, 2.24) is 20.4 Å². The lowest BCUT2D eigenvalue weighted by Crippen LogP contribution is -2.64. The van der Waals surface area contributed by atoms with Gasteiger partial charge in [0.05, 0.1) is 12.6 Å². The zero-order valence-electron chi connectivity index (χ0n) is 19.0. The molecule has 3 heterocycles. The number of rotatable bonds is 7. The maximum Gasteiger partial charge on any atom is 0.317 e. The van der Waals surface area contributed by atoms with E-state index in [0.29, 0.717) is 38.3 Å². The number of oxime groups is 1. The summed E-state index contributed by atoms with van der Waals surface area (Å²) >= 11 is 0. The molecule has 2 atom stereocenters. The molecule has 0 unspecified atom stereocenters. The van der Waals surface area contributed by atoms with Crippen LogP contribution in [0.4, 0.5) is 4.79 Å². The minimum Gasteiger partial charge on any atom is -0.385 e. The molecule has 32 heavy (non-hydrogen) atoms. The molecular weight excluding hydrogens is 406 g/mol. The first kappa shape index (κ1) is 22.6. The van der Waals surface area contributed by atoms with Crippen molar-refractivity contribution in [2.45, 2.75) is 63.6 Å². The number of carbonyl (C=O) groups excluding carboxylic acids is 2.